The fourth-order valence-electron chi connectivity index (χ4n) is 1.93. The van der Waals surface area contributed by atoms with Crippen molar-refractivity contribution in [2.24, 2.45) is 5.41 Å². The molecule has 21 heavy (non-hydrogen) atoms. The molecule has 2 aromatic rings. The maximum Gasteiger partial charge on any atom is 0.253 e. The van der Waals surface area contributed by atoms with E-state index in [9.17, 15) is 9.59 Å². The first kappa shape index (κ1) is 15.0. The summed E-state index contributed by atoms with van der Waals surface area (Å²) in [6, 6.07) is 2.80. The minimum atomic E-state index is -0.225. The van der Waals surface area contributed by atoms with Crippen molar-refractivity contribution in [1.29, 1.82) is 0 Å². The molecule has 112 valence electrons. The zero-order valence-electron chi connectivity index (χ0n) is 12.5. The Kier molecular flexibility index (Phi) is 4.26. The van der Waals surface area contributed by atoms with Crippen molar-refractivity contribution in [2.75, 3.05) is 0 Å². The number of hydrogen-bond donors (Lipinski definition) is 2. The molecule has 1 atom stereocenters. The summed E-state index contributed by atoms with van der Waals surface area (Å²) in [5.41, 5.74) is 0.106. The molecule has 6 nitrogen and oxygen atoms in total. The number of pyridine rings is 1. The Balaban J connectivity index is 2.13. The Morgan fingerprint density at radius 2 is 2.19 bits per heavy atom. The number of aromatic nitrogens is 3. The Hall–Kier alpha value is -2.37. The summed E-state index contributed by atoms with van der Waals surface area (Å²) < 4.78 is 1.93. The summed E-state index contributed by atoms with van der Waals surface area (Å²) in [5, 5.41) is 3.02. The molecule has 1 unspecified atom stereocenters. The second-order valence-electron chi connectivity index (χ2n) is 6.09. The number of hydrogen-bond acceptors (Lipinski definition) is 3. The maximum absolute atomic E-state index is 12.3. The second kappa shape index (κ2) is 5.95. The topological polar surface area (TPSA) is 79.8 Å². The lowest BCUT2D eigenvalue weighted by Crippen LogP contribution is -2.46. The standard InChI is InChI=1S/C15H20N4O2/c1-15(2,3)12(9-19-7-6-16-10-19)18-14(21)11-4-5-13(20)17-8-11/h4-8,10,12H,9H2,1-3H3,(H,17,20)(H,18,21). The zero-order valence-corrected chi connectivity index (χ0v) is 12.5. The molecule has 2 heterocycles. The molecule has 0 aliphatic carbocycles. The van der Waals surface area contributed by atoms with E-state index in [1.807, 2.05) is 10.8 Å². The van der Waals surface area contributed by atoms with Gasteiger partial charge in [0.25, 0.3) is 5.91 Å². The number of amides is 1. The molecule has 0 aromatic carbocycles. The Bertz CT molecular complexity index is 633. The van der Waals surface area contributed by atoms with Crippen LogP contribution in [-0.2, 0) is 6.54 Å². The van der Waals surface area contributed by atoms with Gasteiger partial charge < -0.3 is 14.9 Å². The molecule has 2 rings (SSSR count). The molecule has 0 radical (unpaired) electrons. The molecule has 0 bridgehead atoms. The molecule has 6 heteroatoms. The van der Waals surface area contributed by atoms with Crippen molar-refractivity contribution < 1.29 is 4.79 Å². The summed E-state index contributed by atoms with van der Waals surface area (Å²) in [5.74, 6) is -0.203. The van der Waals surface area contributed by atoms with E-state index in [2.05, 4.69) is 36.1 Å². The van der Waals surface area contributed by atoms with Gasteiger partial charge in [-0.2, -0.15) is 0 Å². The first-order chi connectivity index (χ1) is 9.86. The first-order valence-electron chi connectivity index (χ1n) is 6.81. The van der Waals surface area contributed by atoms with Crippen LogP contribution in [0.2, 0.25) is 0 Å². The molecular weight excluding hydrogens is 268 g/mol. The van der Waals surface area contributed by atoms with E-state index in [0.29, 0.717) is 12.1 Å². The first-order valence-corrected chi connectivity index (χ1v) is 6.81. The van der Waals surface area contributed by atoms with Crippen LogP contribution >= 0.6 is 0 Å². The fraction of sp³-hybridized carbons (Fsp3) is 0.400. The van der Waals surface area contributed by atoms with Gasteiger partial charge in [-0.25, -0.2) is 4.98 Å². The van der Waals surface area contributed by atoms with E-state index >= 15 is 0 Å². The lowest BCUT2D eigenvalue weighted by Gasteiger charge is -2.31. The smallest absolute Gasteiger partial charge is 0.253 e. The molecule has 0 spiro atoms. The van der Waals surface area contributed by atoms with Crippen LogP contribution < -0.4 is 10.9 Å². The summed E-state index contributed by atoms with van der Waals surface area (Å²) >= 11 is 0. The lowest BCUT2D eigenvalue weighted by atomic mass is 9.86. The van der Waals surface area contributed by atoms with Crippen LogP contribution in [-0.4, -0.2) is 26.5 Å². The molecule has 0 saturated carbocycles. The number of nitrogens with one attached hydrogen (secondary N) is 2. The number of nitrogens with zero attached hydrogens (tertiary/aromatic N) is 2. The highest BCUT2D eigenvalue weighted by molar-refractivity contribution is 5.94. The third-order valence-electron chi connectivity index (χ3n) is 3.35. The van der Waals surface area contributed by atoms with Gasteiger partial charge in [0, 0.05) is 31.2 Å². The predicted octanol–water partition coefficient (Wildman–Crippen LogP) is 1.42. The lowest BCUT2D eigenvalue weighted by molar-refractivity contribution is 0.0892. The van der Waals surface area contributed by atoms with E-state index in [0.717, 1.165) is 0 Å². The van der Waals surface area contributed by atoms with Gasteiger partial charge in [0.1, 0.15) is 0 Å². The van der Waals surface area contributed by atoms with Gasteiger partial charge >= 0.3 is 0 Å². The van der Waals surface area contributed by atoms with Crippen molar-refractivity contribution in [3.63, 3.8) is 0 Å². The average molecular weight is 288 g/mol. The number of H-pyrrole nitrogens is 1. The highest BCUT2D eigenvalue weighted by atomic mass is 16.2. The monoisotopic (exact) mass is 288 g/mol. The third-order valence-corrected chi connectivity index (χ3v) is 3.35. The number of rotatable bonds is 4. The number of aromatic amines is 1. The number of imidazole rings is 1. The largest absolute Gasteiger partial charge is 0.347 e. The van der Waals surface area contributed by atoms with Crippen LogP contribution in [0.1, 0.15) is 31.1 Å². The molecule has 0 fully saturated rings. The van der Waals surface area contributed by atoms with Crippen LogP contribution in [0.25, 0.3) is 0 Å². The van der Waals surface area contributed by atoms with Gasteiger partial charge in [-0.3, -0.25) is 9.59 Å². The Morgan fingerprint density at radius 3 is 2.71 bits per heavy atom. The molecule has 0 aliphatic heterocycles. The van der Waals surface area contributed by atoms with Crippen LogP contribution in [0.15, 0.2) is 41.8 Å². The summed E-state index contributed by atoms with van der Waals surface area (Å²) in [6.07, 6.45) is 6.73. The molecule has 2 N–H and O–H groups in total. The predicted molar refractivity (Wildman–Crippen MR) is 80.0 cm³/mol. The van der Waals surface area contributed by atoms with Crippen molar-refractivity contribution >= 4 is 5.91 Å². The van der Waals surface area contributed by atoms with Crippen LogP contribution in [0.4, 0.5) is 0 Å². The normalized spacial score (nSPS) is 12.9. The fourth-order valence-corrected chi connectivity index (χ4v) is 1.93. The number of carbonyl (C=O) groups excluding carboxylic acids is 1. The van der Waals surface area contributed by atoms with E-state index in [1.165, 1.54) is 18.3 Å². The quantitative estimate of drug-likeness (QED) is 0.893. The molecule has 2 aromatic heterocycles. The SMILES string of the molecule is CC(C)(C)C(Cn1ccnc1)NC(=O)c1ccc(=O)[nH]c1. The van der Waals surface area contributed by atoms with Gasteiger partial charge in [0.05, 0.1) is 17.9 Å². The third kappa shape index (κ3) is 4.05. The van der Waals surface area contributed by atoms with Gasteiger partial charge in [0.15, 0.2) is 0 Å². The highest BCUT2D eigenvalue weighted by Crippen LogP contribution is 2.21. The minimum Gasteiger partial charge on any atom is -0.347 e. The average Bonchev–Trinajstić information content (AvgIpc) is 2.90. The highest BCUT2D eigenvalue weighted by Gasteiger charge is 2.27. The minimum absolute atomic E-state index is 0.0638. The van der Waals surface area contributed by atoms with Gasteiger partial charge in [-0.05, 0) is 11.5 Å². The molecule has 1 amide bonds. The molecule has 0 aliphatic rings. The number of carbonyl (C=O) groups is 1. The Labute approximate surface area is 123 Å². The molecule has 0 saturated heterocycles. The van der Waals surface area contributed by atoms with Gasteiger partial charge in [-0.15, -0.1) is 0 Å². The molecular formula is C15H20N4O2. The van der Waals surface area contributed by atoms with E-state index in [-0.39, 0.29) is 22.9 Å². The van der Waals surface area contributed by atoms with Crippen LogP contribution in [0.3, 0.4) is 0 Å². The van der Waals surface area contributed by atoms with Crippen LogP contribution in [0, 0.1) is 5.41 Å². The van der Waals surface area contributed by atoms with Crippen molar-refractivity contribution in [2.45, 2.75) is 33.4 Å². The van der Waals surface area contributed by atoms with E-state index in [1.54, 1.807) is 12.5 Å². The van der Waals surface area contributed by atoms with Crippen molar-refractivity contribution in [3.05, 3.63) is 53.0 Å². The summed E-state index contributed by atoms with van der Waals surface area (Å²) in [6.45, 7) is 6.85. The summed E-state index contributed by atoms with van der Waals surface area (Å²) in [7, 11) is 0. The van der Waals surface area contributed by atoms with Gasteiger partial charge in [-0.1, -0.05) is 20.8 Å². The van der Waals surface area contributed by atoms with Crippen molar-refractivity contribution in [1.82, 2.24) is 19.9 Å². The van der Waals surface area contributed by atoms with E-state index < -0.39 is 0 Å². The zero-order chi connectivity index (χ0) is 15.5. The van der Waals surface area contributed by atoms with E-state index in [4.69, 9.17) is 0 Å². The van der Waals surface area contributed by atoms with Crippen molar-refractivity contribution in [3.8, 4) is 0 Å². The van der Waals surface area contributed by atoms with Crippen LogP contribution in [0.5, 0.6) is 0 Å². The Morgan fingerprint density at radius 1 is 1.43 bits per heavy atom. The summed E-state index contributed by atoms with van der Waals surface area (Å²) in [4.78, 5) is 29.8. The maximum atomic E-state index is 12.3. The second-order valence-corrected chi connectivity index (χ2v) is 6.09. The van der Waals surface area contributed by atoms with Gasteiger partial charge in [0.2, 0.25) is 5.56 Å².